The molecule has 3 heteroatoms. The molecule has 1 saturated heterocycles. The molecule has 0 amide bonds. The van der Waals surface area contributed by atoms with Gasteiger partial charge in [-0.15, -0.1) is 0 Å². The second-order valence-electron chi connectivity index (χ2n) is 4.36. The summed E-state index contributed by atoms with van der Waals surface area (Å²) in [6.45, 7) is 2.38. The van der Waals surface area contributed by atoms with Crippen LogP contribution in [-0.2, 0) is 0 Å². The summed E-state index contributed by atoms with van der Waals surface area (Å²) >= 11 is 1.75. The molecular formula is C12H20N2S. The lowest BCUT2D eigenvalue weighted by molar-refractivity contribution is 0.179. The molecular weight excluding hydrogens is 204 g/mol. The number of thiophene rings is 1. The van der Waals surface area contributed by atoms with Crippen LogP contribution in [0.2, 0.25) is 0 Å². The molecule has 1 fully saturated rings. The molecule has 1 aliphatic rings. The predicted octanol–water partition coefficient (Wildman–Crippen LogP) is 3.03. The lowest BCUT2D eigenvalue weighted by Gasteiger charge is -2.32. The van der Waals surface area contributed by atoms with E-state index in [0.29, 0.717) is 0 Å². The number of likely N-dealkylation sites (tertiary alicyclic amines) is 1. The maximum Gasteiger partial charge on any atom is 0.0448 e. The van der Waals surface area contributed by atoms with Crippen molar-refractivity contribution >= 4 is 17.0 Å². The van der Waals surface area contributed by atoms with Crippen molar-refractivity contribution < 1.29 is 0 Å². The van der Waals surface area contributed by atoms with E-state index in [0.717, 1.165) is 12.6 Å². The number of nitrogens with zero attached hydrogens (tertiary/aromatic N) is 1. The molecule has 0 aromatic carbocycles. The first-order valence-electron chi connectivity index (χ1n) is 5.82. The summed E-state index contributed by atoms with van der Waals surface area (Å²) in [4.78, 5) is 2.51. The van der Waals surface area contributed by atoms with Crippen LogP contribution in [0.5, 0.6) is 0 Å². The van der Waals surface area contributed by atoms with Crippen molar-refractivity contribution in [3.05, 3.63) is 16.8 Å². The normalized spacial score (nSPS) is 22.9. The smallest absolute Gasteiger partial charge is 0.0448 e. The number of hydrogen-bond acceptors (Lipinski definition) is 3. The Morgan fingerprint density at radius 2 is 2.47 bits per heavy atom. The van der Waals surface area contributed by atoms with E-state index in [9.17, 15) is 0 Å². The van der Waals surface area contributed by atoms with Gasteiger partial charge >= 0.3 is 0 Å². The second-order valence-corrected chi connectivity index (χ2v) is 5.14. The average molecular weight is 224 g/mol. The molecule has 1 atom stereocenters. The van der Waals surface area contributed by atoms with Crippen LogP contribution >= 0.6 is 11.3 Å². The van der Waals surface area contributed by atoms with Gasteiger partial charge in [-0.05, 0) is 44.3 Å². The number of rotatable bonds is 4. The Morgan fingerprint density at radius 3 is 3.20 bits per heavy atom. The van der Waals surface area contributed by atoms with Crippen molar-refractivity contribution in [2.45, 2.75) is 31.7 Å². The van der Waals surface area contributed by atoms with Gasteiger partial charge in [-0.2, -0.15) is 11.3 Å². The first-order chi connectivity index (χ1) is 7.36. The Labute approximate surface area is 96.3 Å². The van der Waals surface area contributed by atoms with Crippen molar-refractivity contribution in [3.63, 3.8) is 0 Å². The standard InChI is InChI=1S/C12H20N2S/c1-14-8-3-2-4-12(14)5-7-13-11-6-9-15-10-11/h6,9-10,12-13H,2-5,7-8H2,1H3. The van der Waals surface area contributed by atoms with Gasteiger partial charge in [-0.3, -0.25) is 0 Å². The molecule has 0 radical (unpaired) electrons. The molecule has 1 N–H and O–H groups in total. The van der Waals surface area contributed by atoms with Crippen molar-refractivity contribution in [3.8, 4) is 0 Å². The Kier molecular flexibility index (Phi) is 4.03. The molecule has 1 aliphatic heterocycles. The highest BCUT2D eigenvalue weighted by molar-refractivity contribution is 7.08. The summed E-state index contributed by atoms with van der Waals surface area (Å²) in [5.41, 5.74) is 1.28. The monoisotopic (exact) mass is 224 g/mol. The van der Waals surface area contributed by atoms with Crippen LogP contribution in [0.15, 0.2) is 16.8 Å². The first kappa shape index (κ1) is 11.0. The molecule has 0 spiro atoms. The second kappa shape index (κ2) is 5.52. The number of hydrogen-bond donors (Lipinski definition) is 1. The van der Waals surface area contributed by atoms with Gasteiger partial charge in [0.15, 0.2) is 0 Å². The molecule has 1 aromatic heterocycles. The Morgan fingerprint density at radius 1 is 1.53 bits per heavy atom. The van der Waals surface area contributed by atoms with Gasteiger partial charge in [0.05, 0.1) is 0 Å². The number of nitrogens with one attached hydrogen (secondary N) is 1. The van der Waals surface area contributed by atoms with Crippen LogP contribution in [0.4, 0.5) is 5.69 Å². The van der Waals surface area contributed by atoms with E-state index >= 15 is 0 Å². The lowest BCUT2D eigenvalue weighted by Crippen LogP contribution is -2.37. The third-order valence-corrected chi connectivity index (χ3v) is 3.93. The minimum atomic E-state index is 0.796. The highest BCUT2D eigenvalue weighted by Gasteiger charge is 2.17. The minimum Gasteiger partial charge on any atom is -0.384 e. The minimum absolute atomic E-state index is 0.796. The fraction of sp³-hybridized carbons (Fsp3) is 0.667. The average Bonchev–Trinajstić information content (AvgIpc) is 2.74. The van der Waals surface area contributed by atoms with Gasteiger partial charge in [0, 0.05) is 23.7 Å². The van der Waals surface area contributed by atoms with Gasteiger partial charge in [-0.1, -0.05) is 6.42 Å². The summed E-state index contributed by atoms with van der Waals surface area (Å²) in [6, 6.07) is 2.94. The van der Waals surface area contributed by atoms with Crippen LogP contribution in [0.25, 0.3) is 0 Å². The molecule has 1 unspecified atom stereocenters. The van der Waals surface area contributed by atoms with Gasteiger partial charge in [0.1, 0.15) is 0 Å². The summed E-state index contributed by atoms with van der Waals surface area (Å²) in [5, 5.41) is 7.77. The van der Waals surface area contributed by atoms with E-state index in [1.807, 2.05) is 0 Å². The highest BCUT2D eigenvalue weighted by Crippen LogP contribution is 2.18. The Balaban J connectivity index is 1.68. The first-order valence-corrected chi connectivity index (χ1v) is 6.77. The van der Waals surface area contributed by atoms with Crippen LogP contribution < -0.4 is 5.32 Å². The van der Waals surface area contributed by atoms with E-state index in [1.165, 1.54) is 37.9 Å². The summed E-state index contributed by atoms with van der Waals surface area (Å²) in [6.07, 6.45) is 5.44. The lowest BCUT2D eigenvalue weighted by atomic mass is 10.0. The van der Waals surface area contributed by atoms with Crippen LogP contribution in [0.3, 0.4) is 0 Å². The number of anilines is 1. The summed E-state index contributed by atoms with van der Waals surface area (Å²) in [7, 11) is 2.26. The van der Waals surface area contributed by atoms with E-state index in [-0.39, 0.29) is 0 Å². The fourth-order valence-corrected chi connectivity index (χ4v) is 2.87. The quantitative estimate of drug-likeness (QED) is 0.845. The summed E-state index contributed by atoms with van der Waals surface area (Å²) < 4.78 is 0. The van der Waals surface area contributed by atoms with Crippen molar-refractivity contribution in [2.24, 2.45) is 0 Å². The van der Waals surface area contributed by atoms with E-state index in [2.05, 4.69) is 34.1 Å². The SMILES string of the molecule is CN1CCCCC1CCNc1ccsc1. The van der Waals surface area contributed by atoms with Gasteiger partial charge in [0.2, 0.25) is 0 Å². The van der Waals surface area contributed by atoms with Gasteiger partial charge in [0.25, 0.3) is 0 Å². The topological polar surface area (TPSA) is 15.3 Å². The van der Waals surface area contributed by atoms with Gasteiger partial charge < -0.3 is 10.2 Å². The molecule has 2 nitrogen and oxygen atoms in total. The van der Waals surface area contributed by atoms with E-state index in [1.54, 1.807) is 11.3 Å². The molecule has 1 aromatic rings. The molecule has 2 heterocycles. The third-order valence-electron chi connectivity index (χ3n) is 3.25. The van der Waals surface area contributed by atoms with Crippen molar-refractivity contribution in [1.82, 2.24) is 4.90 Å². The van der Waals surface area contributed by atoms with E-state index < -0.39 is 0 Å². The maximum absolute atomic E-state index is 3.48. The van der Waals surface area contributed by atoms with Crippen LogP contribution in [0.1, 0.15) is 25.7 Å². The molecule has 84 valence electrons. The van der Waals surface area contributed by atoms with Crippen molar-refractivity contribution in [2.75, 3.05) is 25.5 Å². The zero-order valence-corrected chi connectivity index (χ0v) is 10.2. The molecule has 2 rings (SSSR count). The summed E-state index contributed by atoms with van der Waals surface area (Å²) in [5.74, 6) is 0. The van der Waals surface area contributed by atoms with Gasteiger partial charge in [-0.25, -0.2) is 0 Å². The van der Waals surface area contributed by atoms with Crippen molar-refractivity contribution in [1.29, 1.82) is 0 Å². The fourth-order valence-electron chi connectivity index (χ4n) is 2.26. The molecule has 15 heavy (non-hydrogen) atoms. The van der Waals surface area contributed by atoms with E-state index in [4.69, 9.17) is 0 Å². The molecule has 0 bridgehead atoms. The largest absolute Gasteiger partial charge is 0.384 e. The third kappa shape index (κ3) is 3.21. The van der Waals surface area contributed by atoms with Crippen LogP contribution in [-0.4, -0.2) is 31.1 Å². The molecule has 0 saturated carbocycles. The highest BCUT2D eigenvalue weighted by atomic mass is 32.1. The van der Waals surface area contributed by atoms with Crippen LogP contribution in [0, 0.1) is 0 Å². The predicted molar refractivity (Wildman–Crippen MR) is 67.7 cm³/mol. The maximum atomic E-state index is 3.48. The Hall–Kier alpha value is -0.540. The zero-order valence-electron chi connectivity index (χ0n) is 9.41. The Bertz CT molecular complexity index is 271. The zero-order chi connectivity index (χ0) is 10.5. The number of piperidine rings is 1. The molecule has 0 aliphatic carbocycles.